The van der Waals surface area contributed by atoms with E-state index >= 15 is 0 Å². The van der Waals surface area contributed by atoms with Gasteiger partial charge in [0.15, 0.2) is 0 Å². The van der Waals surface area contributed by atoms with E-state index in [0.717, 1.165) is 51.4 Å². The van der Waals surface area contributed by atoms with E-state index in [2.05, 4.69) is 0 Å². The summed E-state index contributed by atoms with van der Waals surface area (Å²) in [5.74, 6) is 0. The summed E-state index contributed by atoms with van der Waals surface area (Å²) in [6.45, 7) is 0. The van der Waals surface area contributed by atoms with Crippen LogP contribution in [0, 0.1) is 0 Å². The minimum Gasteiger partial charge on any atom is -0.300 e. The van der Waals surface area contributed by atoms with Gasteiger partial charge in [-0.3, -0.25) is 18.9 Å². The normalized spacial score (nSPS) is 29.6. The van der Waals surface area contributed by atoms with Gasteiger partial charge >= 0.3 is 6.16 Å². The molecule has 0 N–H and O–H groups in total. The van der Waals surface area contributed by atoms with Crippen molar-refractivity contribution in [2.75, 3.05) is 0 Å². The minimum atomic E-state index is -1.16. The molecule has 0 aromatic heterocycles. The number of hydrogen-bond donors (Lipinski definition) is 0. The van der Waals surface area contributed by atoms with E-state index in [1.807, 2.05) is 0 Å². The topological polar surface area (TPSA) is 36.9 Å². The van der Waals surface area contributed by atoms with E-state index in [-0.39, 0.29) is 24.4 Å². The molecule has 0 aromatic rings. The molecule has 4 saturated carbocycles. The fourth-order valence-corrected chi connectivity index (χ4v) is 1.73. The van der Waals surface area contributed by atoms with Crippen LogP contribution < -0.4 is 0 Å². The van der Waals surface area contributed by atoms with Gasteiger partial charge in [-0.05, 0) is 51.4 Å². The average Bonchev–Trinajstić information content (AvgIpc) is 3.12. The van der Waals surface area contributed by atoms with Crippen LogP contribution in [-0.4, -0.2) is 30.6 Å². The summed E-state index contributed by atoms with van der Waals surface area (Å²) in [4.78, 5) is 0. The van der Waals surface area contributed by atoms with Gasteiger partial charge in [0.25, 0.3) is 0 Å². The predicted molar refractivity (Wildman–Crippen MR) is 59.2 cm³/mol. The number of hydrogen-bond acceptors (Lipinski definition) is 4. The Bertz CT molecular complexity index is 228. The van der Waals surface area contributed by atoms with Gasteiger partial charge in [0.05, 0.1) is 24.4 Å². The van der Waals surface area contributed by atoms with Gasteiger partial charge in [0, 0.05) is 0 Å². The van der Waals surface area contributed by atoms with Gasteiger partial charge in [0.2, 0.25) is 0 Å². The molecule has 4 nitrogen and oxygen atoms in total. The summed E-state index contributed by atoms with van der Waals surface area (Å²) in [7, 11) is 0. The van der Waals surface area contributed by atoms with Crippen molar-refractivity contribution in [2.24, 2.45) is 0 Å². The van der Waals surface area contributed by atoms with Gasteiger partial charge in [-0.25, -0.2) is 0 Å². The zero-order valence-corrected chi connectivity index (χ0v) is 10.1. The second-order valence-corrected chi connectivity index (χ2v) is 5.77. The zero-order valence-electron chi connectivity index (χ0n) is 10.1. The third-order valence-electron chi connectivity index (χ3n) is 3.34. The van der Waals surface area contributed by atoms with Crippen molar-refractivity contribution in [2.45, 2.75) is 81.9 Å². The molecule has 0 amide bonds. The molecule has 96 valence electrons. The van der Waals surface area contributed by atoms with Crippen molar-refractivity contribution < 1.29 is 18.9 Å². The van der Waals surface area contributed by atoms with Crippen LogP contribution in [-0.2, 0) is 18.9 Å². The Labute approximate surface area is 102 Å². The highest BCUT2D eigenvalue weighted by Crippen LogP contribution is 2.43. The standard InChI is InChI=1S/C13H20O4/c1-2-9(1)14-13(15-10-3-4-10,16-11-5-6-11)17-12-7-8-12/h9-12H,1-8H2. The fraction of sp³-hybridized carbons (Fsp3) is 1.00. The molecule has 4 aliphatic rings. The third kappa shape index (κ3) is 2.99. The second-order valence-electron chi connectivity index (χ2n) is 5.77. The molecule has 0 bridgehead atoms. The molecule has 0 aliphatic heterocycles. The van der Waals surface area contributed by atoms with Crippen LogP contribution in [0.3, 0.4) is 0 Å². The van der Waals surface area contributed by atoms with Crippen molar-refractivity contribution in [1.29, 1.82) is 0 Å². The van der Waals surface area contributed by atoms with E-state index in [1.165, 1.54) is 0 Å². The lowest BCUT2D eigenvalue weighted by atomic mass is 10.7. The molecule has 0 spiro atoms. The molecule has 0 aromatic carbocycles. The summed E-state index contributed by atoms with van der Waals surface area (Å²) in [6.07, 6.45) is 8.84. The molecule has 0 saturated heterocycles. The number of ether oxygens (including phenoxy) is 4. The second kappa shape index (κ2) is 3.92. The summed E-state index contributed by atoms with van der Waals surface area (Å²) >= 11 is 0. The first-order valence-electron chi connectivity index (χ1n) is 7.03. The smallest absolute Gasteiger partial charge is 0.300 e. The Hall–Kier alpha value is -0.160. The lowest BCUT2D eigenvalue weighted by Crippen LogP contribution is -2.45. The van der Waals surface area contributed by atoms with Crippen molar-refractivity contribution >= 4 is 0 Å². The van der Waals surface area contributed by atoms with Gasteiger partial charge in [-0.15, -0.1) is 0 Å². The van der Waals surface area contributed by atoms with Gasteiger partial charge < -0.3 is 0 Å². The average molecular weight is 240 g/mol. The van der Waals surface area contributed by atoms with Crippen LogP contribution in [0.4, 0.5) is 0 Å². The minimum absolute atomic E-state index is 0.284. The van der Waals surface area contributed by atoms with E-state index in [0.29, 0.717) is 0 Å². The Morgan fingerprint density at radius 3 is 0.882 bits per heavy atom. The van der Waals surface area contributed by atoms with Crippen molar-refractivity contribution in [3.8, 4) is 0 Å². The maximum absolute atomic E-state index is 5.93. The van der Waals surface area contributed by atoms with Crippen LogP contribution in [0.5, 0.6) is 0 Å². The quantitative estimate of drug-likeness (QED) is 0.610. The van der Waals surface area contributed by atoms with E-state index in [4.69, 9.17) is 18.9 Å². The molecule has 4 aliphatic carbocycles. The van der Waals surface area contributed by atoms with Crippen molar-refractivity contribution in [1.82, 2.24) is 0 Å². The highest BCUT2D eigenvalue weighted by molar-refractivity contribution is 4.83. The van der Waals surface area contributed by atoms with Crippen molar-refractivity contribution in [3.05, 3.63) is 0 Å². The Balaban J connectivity index is 1.46. The van der Waals surface area contributed by atoms with Gasteiger partial charge in [0.1, 0.15) is 0 Å². The molecular formula is C13H20O4. The molecular weight excluding hydrogens is 220 g/mol. The SMILES string of the molecule is C1CC1OC(OC1CC1)(OC1CC1)OC1CC1. The van der Waals surface area contributed by atoms with Crippen LogP contribution in [0.2, 0.25) is 0 Å². The highest BCUT2D eigenvalue weighted by Gasteiger charge is 2.51. The molecule has 4 rings (SSSR count). The highest BCUT2D eigenvalue weighted by atomic mass is 17.0. The fourth-order valence-electron chi connectivity index (χ4n) is 1.73. The molecule has 0 heterocycles. The molecule has 0 unspecified atom stereocenters. The van der Waals surface area contributed by atoms with Crippen LogP contribution >= 0.6 is 0 Å². The van der Waals surface area contributed by atoms with Gasteiger partial charge in [-0.2, -0.15) is 0 Å². The largest absolute Gasteiger partial charge is 0.413 e. The molecule has 4 heteroatoms. The number of rotatable bonds is 8. The van der Waals surface area contributed by atoms with Crippen LogP contribution in [0.15, 0.2) is 0 Å². The van der Waals surface area contributed by atoms with Gasteiger partial charge in [-0.1, -0.05) is 0 Å². The van der Waals surface area contributed by atoms with Crippen molar-refractivity contribution in [3.63, 3.8) is 0 Å². The summed E-state index contributed by atoms with van der Waals surface area (Å²) in [5.41, 5.74) is 0. The molecule has 17 heavy (non-hydrogen) atoms. The first kappa shape index (κ1) is 10.7. The predicted octanol–water partition coefficient (Wildman–Crippen LogP) is 2.31. The Morgan fingerprint density at radius 2 is 0.706 bits per heavy atom. The summed E-state index contributed by atoms with van der Waals surface area (Å²) < 4.78 is 23.7. The molecule has 0 radical (unpaired) electrons. The third-order valence-corrected chi connectivity index (χ3v) is 3.34. The monoisotopic (exact) mass is 240 g/mol. The summed E-state index contributed by atoms with van der Waals surface area (Å²) in [6, 6.07) is 0. The van der Waals surface area contributed by atoms with Crippen LogP contribution in [0.1, 0.15) is 51.4 Å². The first-order chi connectivity index (χ1) is 8.31. The Morgan fingerprint density at radius 1 is 0.471 bits per heavy atom. The van der Waals surface area contributed by atoms with E-state index in [9.17, 15) is 0 Å². The lowest BCUT2D eigenvalue weighted by Gasteiger charge is -2.32. The molecule has 4 fully saturated rings. The lowest BCUT2D eigenvalue weighted by molar-refractivity contribution is -0.511. The summed E-state index contributed by atoms with van der Waals surface area (Å²) in [5, 5.41) is 0. The first-order valence-corrected chi connectivity index (χ1v) is 7.03. The van der Waals surface area contributed by atoms with E-state index in [1.54, 1.807) is 0 Å². The Kier molecular flexibility index (Phi) is 2.47. The maximum Gasteiger partial charge on any atom is 0.413 e. The zero-order chi connectivity index (χ0) is 11.3. The maximum atomic E-state index is 5.93. The van der Waals surface area contributed by atoms with Crippen LogP contribution in [0.25, 0.3) is 0 Å². The molecule has 0 atom stereocenters. The van der Waals surface area contributed by atoms with E-state index < -0.39 is 6.16 Å².